The second kappa shape index (κ2) is 9.19. The van der Waals surface area contributed by atoms with Gasteiger partial charge in [-0.25, -0.2) is 9.80 Å². The zero-order chi connectivity index (χ0) is 21.8. The van der Waals surface area contributed by atoms with Gasteiger partial charge in [-0.05, 0) is 29.8 Å². The number of rotatable bonds is 4. The van der Waals surface area contributed by atoms with E-state index in [1.165, 1.54) is 37.7 Å². The number of amides is 2. The summed E-state index contributed by atoms with van der Waals surface area (Å²) in [4.78, 5) is 35.8. The number of esters is 1. The third-order valence-electron chi connectivity index (χ3n) is 4.02. The molecule has 0 unspecified atom stereocenters. The smallest absolute Gasteiger partial charge is 0.345 e. The summed E-state index contributed by atoms with van der Waals surface area (Å²) in [7, 11) is 1.44. The van der Waals surface area contributed by atoms with Crippen molar-refractivity contribution in [3.63, 3.8) is 0 Å². The van der Waals surface area contributed by atoms with Gasteiger partial charge in [-0.1, -0.05) is 41.6 Å². The van der Waals surface area contributed by atoms with Crippen LogP contribution in [0.5, 0.6) is 11.5 Å². The maximum atomic E-state index is 12.5. The Morgan fingerprint density at radius 1 is 1.13 bits per heavy atom. The predicted octanol–water partition coefficient (Wildman–Crippen LogP) is 3.57. The van der Waals surface area contributed by atoms with Gasteiger partial charge in [-0.3, -0.25) is 9.59 Å². The molecule has 0 saturated heterocycles. The lowest BCUT2D eigenvalue weighted by Crippen LogP contribution is -2.25. The standard InChI is InChI=1S/C20H18ClN3O5S/c1-11(25)22-20-23-24(12(2)26)18(30-20)13-8-9-16(17(10-13)28-3)29-19(27)14-6-4-5-7-15(14)21/h4-10,18H,1-3H3,(H,22,23,25)/t18-/m0/s1. The molecule has 2 aromatic rings. The van der Waals surface area contributed by atoms with Crippen molar-refractivity contribution < 1.29 is 23.9 Å². The van der Waals surface area contributed by atoms with Gasteiger partial charge in [0, 0.05) is 13.8 Å². The molecule has 1 aliphatic rings. The van der Waals surface area contributed by atoms with E-state index in [-0.39, 0.29) is 28.1 Å². The normalized spacial score (nSPS) is 15.4. The molecule has 1 N–H and O–H groups in total. The molecule has 3 rings (SSSR count). The van der Waals surface area contributed by atoms with E-state index in [4.69, 9.17) is 21.1 Å². The number of carbonyl (C=O) groups is 3. The minimum absolute atomic E-state index is 0.201. The molecule has 2 amide bonds. The van der Waals surface area contributed by atoms with Crippen molar-refractivity contribution in [2.45, 2.75) is 19.2 Å². The molecule has 1 atom stereocenters. The molecule has 1 heterocycles. The summed E-state index contributed by atoms with van der Waals surface area (Å²) < 4.78 is 10.8. The minimum atomic E-state index is -0.622. The Morgan fingerprint density at radius 3 is 2.50 bits per heavy atom. The van der Waals surface area contributed by atoms with E-state index >= 15 is 0 Å². The molecule has 0 spiro atoms. The van der Waals surface area contributed by atoms with Crippen molar-refractivity contribution in [3.8, 4) is 11.5 Å². The highest BCUT2D eigenvalue weighted by Gasteiger charge is 2.33. The van der Waals surface area contributed by atoms with Crippen LogP contribution in [-0.2, 0) is 9.59 Å². The van der Waals surface area contributed by atoms with Gasteiger partial charge >= 0.3 is 5.97 Å². The zero-order valence-corrected chi connectivity index (χ0v) is 17.9. The van der Waals surface area contributed by atoms with E-state index in [1.807, 2.05) is 0 Å². The Bertz CT molecular complexity index is 1040. The average Bonchev–Trinajstić information content (AvgIpc) is 3.12. The topological polar surface area (TPSA) is 97.3 Å². The van der Waals surface area contributed by atoms with E-state index in [0.717, 1.165) is 0 Å². The molecule has 30 heavy (non-hydrogen) atoms. The van der Waals surface area contributed by atoms with E-state index in [9.17, 15) is 14.4 Å². The molecule has 8 nitrogen and oxygen atoms in total. The molecule has 0 radical (unpaired) electrons. The van der Waals surface area contributed by atoms with Crippen molar-refractivity contribution in [1.82, 2.24) is 10.3 Å². The van der Waals surface area contributed by atoms with Gasteiger partial charge in [0.25, 0.3) is 0 Å². The Kier molecular flexibility index (Phi) is 6.63. The van der Waals surface area contributed by atoms with Gasteiger partial charge in [0.1, 0.15) is 5.37 Å². The van der Waals surface area contributed by atoms with E-state index in [2.05, 4.69) is 10.4 Å². The van der Waals surface area contributed by atoms with Crippen LogP contribution in [0.15, 0.2) is 47.6 Å². The number of carbonyl (C=O) groups excluding carboxylic acids is 3. The summed E-state index contributed by atoms with van der Waals surface area (Å²) in [5.41, 5.74) is 0.904. The molecule has 0 aromatic heterocycles. The monoisotopic (exact) mass is 447 g/mol. The van der Waals surface area contributed by atoms with Crippen LogP contribution >= 0.6 is 23.4 Å². The van der Waals surface area contributed by atoms with Crippen LogP contribution in [0.1, 0.15) is 35.1 Å². The number of amidine groups is 1. The summed E-state index contributed by atoms with van der Waals surface area (Å²) in [6.45, 7) is 2.74. The lowest BCUT2D eigenvalue weighted by Gasteiger charge is -2.20. The van der Waals surface area contributed by atoms with Gasteiger partial charge in [-0.15, -0.1) is 5.10 Å². The van der Waals surface area contributed by atoms with Crippen molar-refractivity contribution in [3.05, 3.63) is 58.6 Å². The number of halogens is 1. The van der Waals surface area contributed by atoms with Gasteiger partial charge in [-0.2, -0.15) is 0 Å². The number of ether oxygens (including phenoxy) is 2. The summed E-state index contributed by atoms with van der Waals surface area (Å²) in [6, 6.07) is 11.5. The van der Waals surface area contributed by atoms with Crippen molar-refractivity contribution in [2.24, 2.45) is 5.10 Å². The number of benzene rings is 2. The van der Waals surface area contributed by atoms with Crippen LogP contribution in [0.4, 0.5) is 0 Å². The highest BCUT2D eigenvalue weighted by molar-refractivity contribution is 8.14. The van der Waals surface area contributed by atoms with Gasteiger partial charge < -0.3 is 14.8 Å². The third-order valence-corrected chi connectivity index (χ3v) is 5.45. The predicted molar refractivity (Wildman–Crippen MR) is 114 cm³/mol. The number of nitrogens with zero attached hydrogens (tertiary/aromatic N) is 2. The van der Waals surface area contributed by atoms with Crippen LogP contribution in [0, 0.1) is 0 Å². The Morgan fingerprint density at radius 2 is 1.87 bits per heavy atom. The maximum Gasteiger partial charge on any atom is 0.345 e. The summed E-state index contributed by atoms with van der Waals surface area (Å²) in [5, 5.41) is 8.08. The van der Waals surface area contributed by atoms with E-state index in [1.54, 1.807) is 42.5 Å². The highest BCUT2D eigenvalue weighted by atomic mass is 35.5. The first-order chi connectivity index (χ1) is 14.3. The first-order valence-corrected chi connectivity index (χ1v) is 10.0. The quantitative estimate of drug-likeness (QED) is 0.568. The third kappa shape index (κ3) is 4.74. The molecule has 0 saturated carbocycles. The average molecular weight is 448 g/mol. The zero-order valence-electron chi connectivity index (χ0n) is 16.3. The highest BCUT2D eigenvalue weighted by Crippen LogP contribution is 2.41. The van der Waals surface area contributed by atoms with Crippen LogP contribution in [0.2, 0.25) is 5.02 Å². The minimum Gasteiger partial charge on any atom is -0.493 e. The van der Waals surface area contributed by atoms with Crippen molar-refractivity contribution in [2.75, 3.05) is 7.11 Å². The Balaban J connectivity index is 1.85. The van der Waals surface area contributed by atoms with Crippen LogP contribution < -0.4 is 14.8 Å². The molecular weight excluding hydrogens is 430 g/mol. The van der Waals surface area contributed by atoms with E-state index in [0.29, 0.717) is 16.5 Å². The molecule has 0 aliphatic carbocycles. The number of thioether (sulfide) groups is 1. The van der Waals surface area contributed by atoms with Gasteiger partial charge in [0.2, 0.25) is 11.8 Å². The SMILES string of the molecule is COc1cc([C@@H]2SC(NC(C)=O)=NN2C(C)=O)ccc1OC(=O)c1ccccc1Cl. The fraction of sp³-hybridized carbons (Fsp3) is 0.200. The number of hydrazone groups is 1. The Hall–Kier alpha value is -3.04. The fourth-order valence-corrected chi connectivity index (χ4v) is 4.02. The molecule has 1 aliphatic heterocycles. The van der Waals surface area contributed by atoms with Gasteiger partial charge in [0.15, 0.2) is 16.7 Å². The Labute approximate surface area is 182 Å². The largest absolute Gasteiger partial charge is 0.493 e. The number of hydrogen-bond donors (Lipinski definition) is 1. The molecule has 2 aromatic carbocycles. The van der Waals surface area contributed by atoms with E-state index < -0.39 is 11.3 Å². The number of nitrogens with one attached hydrogen (secondary N) is 1. The second-order valence-electron chi connectivity index (χ2n) is 6.20. The molecule has 156 valence electrons. The fourth-order valence-electron chi connectivity index (χ4n) is 2.68. The van der Waals surface area contributed by atoms with Gasteiger partial charge in [0.05, 0.1) is 17.7 Å². The number of methoxy groups -OCH3 is 1. The van der Waals surface area contributed by atoms with Crippen LogP contribution in [0.25, 0.3) is 0 Å². The molecule has 0 fully saturated rings. The first-order valence-electron chi connectivity index (χ1n) is 8.77. The lowest BCUT2D eigenvalue weighted by molar-refractivity contribution is -0.129. The number of hydrogen-bond acceptors (Lipinski definition) is 7. The summed E-state index contributed by atoms with van der Waals surface area (Å²) in [5.74, 6) is -0.703. The summed E-state index contributed by atoms with van der Waals surface area (Å²) >= 11 is 7.26. The second-order valence-corrected chi connectivity index (χ2v) is 7.68. The lowest BCUT2D eigenvalue weighted by atomic mass is 10.2. The maximum absolute atomic E-state index is 12.5. The molecule has 10 heteroatoms. The molecular formula is C20H18ClN3O5S. The summed E-state index contributed by atoms with van der Waals surface area (Å²) in [6.07, 6.45) is 0. The molecule has 0 bridgehead atoms. The van der Waals surface area contributed by atoms with Crippen LogP contribution in [0.3, 0.4) is 0 Å². The van der Waals surface area contributed by atoms with Crippen molar-refractivity contribution >= 4 is 46.3 Å². The first kappa shape index (κ1) is 21.7. The van der Waals surface area contributed by atoms with Crippen molar-refractivity contribution in [1.29, 1.82) is 0 Å². The van der Waals surface area contributed by atoms with Crippen LogP contribution in [-0.4, -0.2) is 35.1 Å².